The van der Waals surface area contributed by atoms with Crippen LogP contribution >= 0.6 is 0 Å². The quantitative estimate of drug-likeness (QED) is 0.413. The van der Waals surface area contributed by atoms with E-state index >= 15 is 0 Å². The summed E-state index contributed by atoms with van der Waals surface area (Å²) >= 11 is 0. The van der Waals surface area contributed by atoms with Crippen molar-refractivity contribution in [1.29, 1.82) is 0 Å². The maximum absolute atomic E-state index is 12.6. The van der Waals surface area contributed by atoms with Crippen LogP contribution in [0.3, 0.4) is 0 Å². The van der Waals surface area contributed by atoms with Crippen molar-refractivity contribution < 1.29 is 19.4 Å². The zero-order chi connectivity index (χ0) is 23.5. The topological polar surface area (TPSA) is 80.6 Å². The normalized spacial score (nSPS) is 13.1. The summed E-state index contributed by atoms with van der Waals surface area (Å²) in [6.45, 7) is 0.134. The third-order valence-electron chi connectivity index (χ3n) is 6.19. The number of aliphatic carboxylic acids is 1. The molecule has 6 nitrogen and oxygen atoms in total. The van der Waals surface area contributed by atoms with E-state index in [0.29, 0.717) is 0 Å². The summed E-state index contributed by atoms with van der Waals surface area (Å²) in [5.41, 5.74) is 6.21. The SMILES string of the molecule is O=C(NC(Cc1cccc(-n2cccc2)c1)C(=O)O)OCC1c2ccccc2-c2ccccc21. The van der Waals surface area contributed by atoms with Crippen LogP contribution in [0, 0.1) is 0 Å². The van der Waals surface area contributed by atoms with E-state index < -0.39 is 18.1 Å². The van der Waals surface area contributed by atoms with Gasteiger partial charge in [-0.2, -0.15) is 0 Å². The van der Waals surface area contributed by atoms with Crippen molar-refractivity contribution in [2.24, 2.45) is 0 Å². The number of rotatable bonds is 7. The van der Waals surface area contributed by atoms with E-state index in [1.54, 1.807) is 0 Å². The minimum Gasteiger partial charge on any atom is -0.480 e. The van der Waals surface area contributed by atoms with Gasteiger partial charge < -0.3 is 19.7 Å². The van der Waals surface area contributed by atoms with Crippen LogP contribution in [0.25, 0.3) is 16.8 Å². The number of benzene rings is 3. The lowest BCUT2D eigenvalue weighted by molar-refractivity contribution is -0.139. The fraction of sp³-hybridized carbons (Fsp3) is 0.143. The summed E-state index contributed by atoms with van der Waals surface area (Å²) in [6.07, 6.45) is 3.25. The highest BCUT2D eigenvalue weighted by atomic mass is 16.5. The minimum atomic E-state index is -1.11. The maximum atomic E-state index is 12.6. The molecule has 2 N–H and O–H groups in total. The van der Waals surface area contributed by atoms with Gasteiger partial charge in [-0.25, -0.2) is 9.59 Å². The molecule has 5 rings (SSSR count). The lowest BCUT2D eigenvalue weighted by Crippen LogP contribution is -2.42. The fourth-order valence-corrected chi connectivity index (χ4v) is 4.57. The molecule has 0 spiro atoms. The van der Waals surface area contributed by atoms with Crippen LogP contribution in [0.4, 0.5) is 4.79 Å². The molecule has 0 bridgehead atoms. The number of fused-ring (bicyclic) bond motifs is 3. The molecule has 3 aromatic carbocycles. The van der Waals surface area contributed by atoms with Crippen LogP contribution in [0.15, 0.2) is 97.3 Å². The predicted molar refractivity (Wildman–Crippen MR) is 129 cm³/mol. The van der Waals surface area contributed by atoms with Crippen molar-refractivity contribution in [3.8, 4) is 16.8 Å². The fourth-order valence-electron chi connectivity index (χ4n) is 4.57. The van der Waals surface area contributed by atoms with Gasteiger partial charge >= 0.3 is 12.1 Å². The largest absolute Gasteiger partial charge is 0.480 e. The predicted octanol–water partition coefficient (Wildman–Crippen LogP) is 5.01. The molecule has 1 aromatic heterocycles. The van der Waals surface area contributed by atoms with Crippen LogP contribution in [0.5, 0.6) is 0 Å². The summed E-state index contributed by atoms with van der Waals surface area (Å²) in [7, 11) is 0. The zero-order valence-electron chi connectivity index (χ0n) is 18.4. The molecule has 34 heavy (non-hydrogen) atoms. The molecular weight excluding hydrogens is 428 g/mol. The van der Waals surface area contributed by atoms with Crippen LogP contribution in [-0.4, -0.2) is 34.4 Å². The van der Waals surface area contributed by atoms with Crippen LogP contribution in [-0.2, 0) is 16.0 Å². The van der Waals surface area contributed by atoms with Crippen LogP contribution in [0.2, 0.25) is 0 Å². The van der Waals surface area contributed by atoms with Gasteiger partial charge in [-0.05, 0) is 52.1 Å². The Morgan fingerprint density at radius 3 is 2.18 bits per heavy atom. The molecule has 4 aromatic rings. The van der Waals surface area contributed by atoms with Crippen molar-refractivity contribution in [3.05, 3.63) is 114 Å². The first-order valence-electron chi connectivity index (χ1n) is 11.2. The second-order valence-corrected chi connectivity index (χ2v) is 8.33. The summed E-state index contributed by atoms with van der Waals surface area (Å²) < 4.78 is 7.47. The standard InChI is InChI=1S/C28H24N2O4/c31-27(32)26(17-19-8-7-9-20(16-19)30-14-5-6-15-30)29-28(33)34-18-25-23-12-3-1-10-21(23)22-11-2-4-13-24(22)25/h1-16,25-26H,17-18H2,(H,29,33)(H,31,32). The van der Waals surface area contributed by atoms with Crippen molar-refractivity contribution >= 4 is 12.1 Å². The van der Waals surface area contributed by atoms with E-state index in [1.165, 1.54) is 0 Å². The average molecular weight is 453 g/mol. The van der Waals surface area contributed by atoms with E-state index in [1.807, 2.05) is 89.8 Å². The Bertz CT molecular complexity index is 1280. The Morgan fingerprint density at radius 2 is 1.53 bits per heavy atom. The van der Waals surface area contributed by atoms with Crippen LogP contribution in [0.1, 0.15) is 22.6 Å². The van der Waals surface area contributed by atoms with E-state index in [0.717, 1.165) is 33.5 Å². The number of carboxylic acids is 1. The number of alkyl carbamates (subject to hydrolysis) is 1. The molecule has 1 atom stereocenters. The molecule has 0 radical (unpaired) electrons. The number of amides is 1. The van der Waals surface area contributed by atoms with Gasteiger partial charge in [-0.15, -0.1) is 0 Å². The van der Waals surface area contributed by atoms with E-state index in [9.17, 15) is 14.7 Å². The third kappa shape index (κ3) is 4.30. The highest BCUT2D eigenvalue weighted by molar-refractivity contribution is 5.81. The summed E-state index contributed by atoms with van der Waals surface area (Å²) in [5.74, 6) is -1.19. The highest BCUT2D eigenvalue weighted by Crippen LogP contribution is 2.44. The Morgan fingerprint density at radius 1 is 0.882 bits per heavy atom. The molecule has 0 saturated carbocycles. The van der Waals surface area contributed by atoms with Crippen LogP contribution < -0.4 is 5.32 Å². The van der Waals surface area contributed by atoms with Crippen molar-refractivity contribution in [2.45, 2.75) is 18.4 Å². The lowest BCUT2D eigenvalue weighted by Gasteiger charge is -2.18. The monoisotopic (exact) mass is 452 g/mol. The third-order valence-corrected chi connectivity index (χ3v) is 6.19. The molecule has 1 aliphatic rings. The Hall–Kier alpha value is -4.32. The molecule has 6 heteroatoms. The first kappa shape index (κ1) is 21.5. The number of carbonyl (C=O) groups excluding carboxylic acids is 1. The number of ether oxygens (including phenoxy) is 1. The minimum absolute atomic E-state index is 0.0836. The lowest BCUT2D eigenvalue weighted by atomic mass is 9.98. The molecule has 170 valence electrons. The first-order chi connectivity index (χ1) is 16.6. The number of aromatic nitrogens is 1. The van der Waals surface area contributed by atoms with Gasteiger partial charge in [0.1, 0.15) is 12.6 Å². The van der Waals surface area contributed by atoms with E-state index in [4.69, 9.17) is 4.74 Å². The number of hydrogen-bond donors (Lipinski definition) is 2. The molecule has 0 saturated heterocycles. The Balaban J connectivity index is 1.26. The average Bonchev–Trinajstić information content (AvgIpc) is 3.50. The number of carbonyl (C=O) groups is 2. The summed E-state index contributed by atoms with van der Waals surface area (Å²) in [5, 5.41) is 12.2. The summed E-state index contributed by atoms with van der Waals surface area (Å²) in [4.78, 5) is 24.4. The van der Waals surface area contributed by atoms with Gasteiger partial charge in [0.05, 0.1) is 0 Å². The smallest absolute Gasteiger partial charge is 0.407 e. The maximum Gasteiger partial charge on any atom is 0.407 e. The highest BCUT2D eigenvalue weighted by Gasteiger charge is 2.29. The molecule has 1 aliphatic carbocycles. The molecular formula is C28H24N2O4. The number of hydrogen-bond acceptors (Lipinski definition) is 3. The summed E-state index contributed by atoms with van der Waals surface area (Å²) in [6, 6.07) is 26.5. The van der Waals surface area contributed by atoms with E-state index in [-0.39, 0.29) is 18.9 Å². The van der Waals surface area contributed by atoms with Gasteiger partial charge in [0.15, 0.2) is 0 Å². The van der Waals surface area contributed by atoms with Gasteiger partial charge in [0.2, 0.25) is 0 Å². The molecule has 0 aliphatic heterocycles. The van der Waals surface area contributed by atoms with Crippen molar-refractivity contribution in [3.63, 3.8) is 0 Å². The Kier molecular flexibility index (Phi) is 5.87. The Labute approximate surface area is 197 Å². The van der Waals surface area contributed by atoms with Gasteiger partial charge in [0.25, 0.3) is 0 Å². The number of nitrogens with zero attached hydrogens (tertiary/aromatic N) is 1. The van der Waals surface area contributed by atoms with Gasteiger partial charge in [0, 0.05) is 30.4 Å². The molecule has 1 amide bonds. The van der Waals surface area contributed by atoms with Crippen molar-refractivity contribution in [1.82, 2.24) is 9.88 Å². The van der Waals surface area contributed by atoms with Gasteiger partial charge in [-0.1, -0.05) is 60.7 Å². The number of nitrogens with one attached hydrogen (secondary N) is 1. The number of carboxylic acid groups (broad SMARTS) is 1. The molecule has 1 unspecified atom stereocenters. The second kappa shape index (κ2) is 9.27. The first-order valence-corrected chi connectivity index (χ1v) is 11.2. The molecule has 1 heterocycles. The zero-order valence-corrected chi connectivity index (χ0v) is 18.4. The van der Waals surface area contributed by atoms with Gasteiger partial charge in [-0.3, -0.25) is 0 Å². The second-order valence-electron chi connectivity index (χ2n) is 8.33. The van der Waals surface area contributed by atoms with E-state index in [2.05, 4.69) is 17.4 Å². The molecule has 0 fully saturated rings. The van der Waals surface area contributed by atoms with Crippen molar-refractivity contribution in [2.75, 3.05) is 6.61 Å².